The lowest BCUT2D eigenvalue weighted by atomic mass is 10.2. The maximum absolute atomic E-state index is 5.50. The maximum Gasteiger partial charge on any atom is 0.229 e. The van der Waals surface area contributed by atoms with Crippen molar-refractivity contribution in [1.82, 2.24) is 30.0 Å². The lowest BCUT2D eigenvalue weighted by Crippen LogP contribution is -2.33. The van der Waals surface area contributed by atoms with Gasteiger partial charge in [0.25, 0.3) is 0 Å². The number of guanidine groups is 1. The predicted molar refractivity (Wildman–Crippen MR) is 130 cm³/mol. The fourth-order valence-electron chi connectivity index (χ4n) is 3.69. The Morgan fingerprint density at radius 2 is 1.81 bits per heavy atom. The van der Waals surface area contributed by atoms with E-state index in [9.17, 15) is 0 Å². The van der Waals surface area contributed by atoms with Crippen LogP contribution in [0.1, 0.15) is 42.6 Å². The molecule has 1 saturated carbocycles. The Morgan fingerprint density at radius 1 is 1.09 bits per heavy atom. The average molecular weight is 450 g/mol. The zero-order chi connectivity index (χ0) is 22.3. The Hall–Kier alpha value is -3.40. The van der Waals surface area contributed by atoms with Crippen LogP contribution in [0.3, 0.4) is 0 Å². The topological polar surface area (TPSA) is 105 Å². The second-order valence-electron chi connectivity index (χ2n) is 7.91. The lowest BCUT2D eigenvalue weighted by Gasteiger charge is -2.15. The molecule has 0 amide bonds. The van der Waals surface area contributed by atoms with Gasteiger partial charge in [0.1, 0.15) is 12.7 Å². The summed E-state index contributed by atoms with van der Waals surface area (Å²) >= 11 is 5.50. The largest absolute Gasteiger partial charge is 0.358 e. The lowest BCUT2D eigenvalue weighted by molar-refractivity contribution is 0.632. The normalized spacial score (nSPS) is 14.4. The average Bonchev–Trinajstić information content (AvgIpc) is 3.43. The molecule has 1 aromatic carbocycles. The van der Waals surface area contributed by atoms with Gasteiger partial charge in [-0.1, -0.05) is 25.0 Å². The quantitative estimate of drug-likeness (QED) is 0.309. The van der Waals surface area contributed by atoms with E-state index in [0.29, 0.717) is 29.6 Å². The standard InChI is InChI=1S/C22H27N9S/c1-15-11-16(2)26-20(25-15)29-21(30-22(32)28-18-5-3-4-6-18)27-19-9-7-17(8-10-19)12-31-14-23-13-24-31/h7-11,13-14,18H,3-6,12H2,1-2H3,(H3,25,26,27,28,29,30,32). The van der Waals surface area contributed by atoms with Gasteiger partial charge in [0, 0.05) is 23.1 Å². The summed E-state index contributed by atoms with van der Waals surface area (Å²) in [5.41, 5.74) is 3.74. The summed E-state index contributed by atoms with van der Waals surface area (Å²) in [7, 11) is 0. The van der Waals surface area contributed by atoms with Crippen LogP contribution in [-0.2, 0) is 6.54 Å². The van der Waals surface area contributed by atoms with Gasteiger partial charge in [-0.3, -0.25) is 5.32 Å². The second-order valence-corrected chi connectivity index (χ2v) is 8.29. The van der Waals surface area contributed by atoms with E-state index in [4.69, 9.17) is 12.2 Å². The summed E-state index contributed by atoms with van der Waals surface area (Å²) in [5, 5.41) is 14.4. The molecule has 0 aliphatic heterocycles. The number of nitrogens with one attached hydrogen (secondary N) is 3. The molecule has 32 heavy (non-hydrogen) atoms. The Morgan fingerprint density at radius 3 is 2.47 bits per heavy atom. The van der Waals surface area contributed by atoms with Gasteiger partial charge in [-0.2, -0.15) is 10.1 Å². The number of anilines is 2. The van der Waals surface area contributed by atoms with Gasteiger partial charge in [-0.15, -0.1) is 0 Å². The first-order valence-corrected chi connectivity index (χ1v) is 11.1. The number of benzene rings is 1. The first-order chi connectivity index (χ1) is 15.5. The van der Waals surface area contributed by atoms with Crippen molar-refractivity contribution in [3.8, 4) is 0 Å². The summed E-state index contributed by atoms with van der Waals surface area (Å²) in [6.45, 7) is 4.53. The zero-order valence-electron chi connectivity index (χ0n) is 18.2. The van der Waals surface area contributed by atoms with E-state index in [2.05, 4.69) is 41.0 Å². The van der Waals surface area contributed by atoms with Crippen molar-refractivity contribution in [3.05, 3.63) is 59.9 Å². The monoisotopic (exact) mass is 449 g/mol. The minimum atomic E-state index is 0.390. The molecule has 1 fully saturated rings. The van der Waals surface area contributed by atoms with E-state index >= 15 is 0 Å². The minimum Gasteiger partial charge on any atom is -0.358 e. The highest BCUT2D eigenvalue weighted by atomic mass is 32.1. The molecule has 0 spiro atoms. The van der Waals surface area contributed by atoms with Crippen molar-refractivity contribution < 1.29 is 0 Å². The molecule has 0 atom stereocenters. The first kappa shape index (κ1) is 21.8. The van der Waals surface area contributed by atoms with Crippen molar-refractivity contribution in [2.75, 3.05) is 10.6 Å². The van der Waals surface area contributed by atoms with Crippen LogP contribution in [0.5, 0.6) is 0 Å². The Bertz CT molecular complexity index is 1050. The number of rotatable bonds is 5. The number of hydrogen-bond acceptors (Lipinski definition) is 5. The third kappa shape index (κ3) is 6.30. The molecule has 0 radical (unpaired) electrons. The highest BCUT2D eigenvalue weighted by Crippen LogP contribution is 2.18. The number of aromatic nitrogens is 5. The molecule has 10 heteroatoms. The summed E-state index contributed by atoms with van der Waals surface area (Å²) in [6, 6.07) is 10.4. The molecular formula is C22H27N9S. The van der Waals surface area contributed by atoms with E-state index in [1.165, 1.54) is 19.2 Å². The summed E-state index contributed by atoms with van der Waals surface area (Å²) in [4.78, 5) is 17.5. The highest BCUT2D eigenvalue weighted by molar-refractivity contribution is 7.80. The second kappa shape index (κ2) is 10.3. The Labute approximate surface area is 192 Å². The van der Waals surface area contributed by atoms with Crippen LogP contribution in [0.25, 0.3) is 0 Å². The predicted octanol–water partition coefficient (Wildman–Crippen LogP) is 3.43. The molecule has 3 aromatic rings. The number of aryl methyl sites for hydroxylation is 2. The molecule has 1 aliphatic carbocycles. The van der Waals surface area contributed by atoms with E-state index in [1.54, 1.807) is 11.0 Å². The molecule has 0 bridgehead atoms. The molecule has 3 N–H and O–H groups in total. The van der Waals surface area contributed by atoms with Gasteiger partial charge >= 0.3 is 0 Å². The Kier molecular flexibility index (Phi) is 7.00. The van der Waals surface area contributed by atoms with Crippen molar-refractivity contribution in [2.45, 2.75) is 52.1 Å². The fraction of sp³-hybridized carbons (Fsp3) is 0.364. The van der Waals surface area contributed by atoms with Gasteiger partial charge < -0.3 is 10.6 Å². The fourth-order valence-corrected chi connectivity index (χ4v) is 3.94. The molecule has 0 unspecified atom stereocenters. The summed E-state index contributed by atoms with van der Waals surface area (Å²) in [5.74, 6) is 0.940. The minimum absolute atomic E-state index is 0.390. The van der Waals surface area contributed by atoms with Crippen LogP contribution in [0.4, 0.5) is 11.6 Å². The van der Waals surface area contributed by atoms with Crippen LogP contribution < -0.4 is 16.0 Å². The van der Waals surface area contributed by atoms with E-state index < -0.39 is 0 Å². The van der Waals surface area contributed by atoms with Gasteiger partial charge in [-0.05, 0) is 62.7 Å². The van der Waals surface area contributed by atoms with Crippen molar-refractivity contribution in [2.24, 2.45) is 4.99 Å². The molecule has 4 rings (SSSR count). The SMILES string of the molecule is Cc1cc(C)nc(N/C(=N/C(=S)NC2CCCC2)Nc2ccc(Cn3cncn3)cc2)n1. The Balaban J connectivity index is 1.49. The van der Waals surface area contributed by atoms with Gasteiger partial charge in [0.05, 0.1) is 6.54 Å². The number of hydrogen-bond donors (Lipinski definition) is 3. The molecular weight excluding hydrogens is 422 g/mol. The first-order valence-electron chi connectivity index (χ1n) is 10.7. The highest BCUT2D eigenvalue weighted by Gasteiger charge is 2.16. The number of nitrogens with zero attached hydrogens (tertiary/aromatic N) is 6. The third-order valence-electron chi connectivity index (χ3n) is 5.14. The van der Waals surface area contributed by atoms with Crippen molar-refractivity contribution in [3.63, 3.8) is 0 Å². The van der Waals surface area contributed by atoms with Crippen molar-refractivity contribution >= 4 is 34.9 Å². The zero-order valence-corrected chi connectivity index (χ0v) is 19.1. The van der Waals surface area contributed by atoms with Crippen LogP contribution in [-0.4, -0.2) is 41.8 Å². The van der Waals surface area contributed by atoms with Crippen molar-refractivity contribution in [1.29, 1.82) is 0 Å². The molecule has 2 heterocycles. The van der Waals surface area contributed by atoms with Crippen LogP contribution in [0, 0.1) is 13.8 Å². The van der Waals surface area contributed by atoms with E-state index in [-0.39, 0.29) is 0 Å². The van der Waals surface area contributed by atoms with E-state index in [1.807, 2.05) is 44.2 Å². The molecule has 1 aliphatic rings. The van der Waals surface area contributed by atoms with Gasteiger partial charge in [0.15, 0.2) is 5.11 Å². The molecule has 9 nitrogen and oxygen atoms in total. The summed E-state index contributed by atoms with van der Waals surface area (Å²) < 4.78 is 1.78. The summed E-state index contributed by atoms with van der Waals surface area (Å²) in [6.07, 6.45) is 7.93. The number of thiocarbonyl (C=S) groups is 1. The van der Waals surface area contributed by atoms with E-state index in [0.717, 1.165) is 35.5 Å². The molecule has 0 saturated heterocycles. The smallest absolute Gasteiger partial charge is 0.229 e. The van der Waals surface area contributed by atoms with Crippen LogP contribution in [0.15, 0.2) is 48.0 Å². The molecule has 166 valence electrons. The van der Waals surface area contributed by atoms with Gasteiger partial charge in [-0.25, -0.2) is 19.6 Å². The van der Waals surface area contributed by atoms with Crippen LogP contribution >= 0.6 is 12.2 Å². The number of aliphatic imine (C=N–C) groups is 1. The molecule has 2 aromatic heterocycles. The maximum atomic E-state index is 5.50. The third-order valence-corrected chi connectivity index (χ3v) is 5.35. The van der Waals surface area contributed by atoms with Gasteiger partial charge in [0.2, 0.25) is 11.9 Å². The van der Waals surface area contributed by atoms with Crippen LogP contribution in [0.2, 0.25) is 0 Å².